The summed E-state index contributed by atoms with van der Waals surface area (Å²) in [5.41, 5.74) is -2.20. The molecule has 11 nitrogen and oxygen atoms in total. The molecular weight excluding hydrogens is 685 g/mol. The molecule has 52 heavy (non-hydrogen) atoms. The molecule has 306 valence electrons. The van der Waals surface area contributed by atoms with Gasteiger partial charge in [0.2, 0.25) is 5.60 Å². The number of phosphoric ester groups is 1. The van der Waals surface area contributed by atoms with Gasteiger partial charge in [-0.3, -0.25) is 28.2 Å². The van der Waals surface area contributed by atoms with Gasteiger partial charge >= 0.3 is 19.8 Å². The molecule has 0 aromatic heterocycles. The maximum atomic E-state index is 14.0. The van der Waals surface area contributed by atoms with Gasteiger partial charge in [0.1, 0.15) is 13.2 Å². The van der Waals surface area contributed by atoms with E-state index in [9.17, 15) is 28.6 Å². The Morgan fingerprint density at radius 1 is 0.577 bits per heavy atom. The summed E-state index contributed by atoms with van der Waals surface area (Å²) >= 11 is 0. The molecule has 0 fully saturated rings. The average Bonchev–Trinajstić information content (AvgIpc) is 3.07. The molecule has 0 rings (SSSR count). The minimum atomic E-state index is -5.10. The van der Waals surface area contributed by atoms with Crippen molar-refractivity contribution in [2.24, 2.45) is 0 Å². The molecule has 1 unspecified atom stereocenters. The third-order valence-electron chi connectivity index (χ3n) is 9.00. The van der Waals surface area contributed by atoms with E-state index in [-0.39, 0.29) is 43.3 Å². The second-order valence-corrected chi connectivity index (χ2v) is 16.8. The van der Waals surface area contributed by atoms with E-state index in [1.54, 1.807) is 21.1 Å². The Hall–Kier alpha value is -1.65. The molecular formula is C40H77NO10P+. The molecule has 0 saturated carbocycles. The van der Waals surface area contributed by atoms with Gasteiger partial charge in [-0.2, -0.15) is 0 Å². The quantitative estimate of drug-likeness (QED) is 0.0216. The summed E-state index contributed by atoms with van der Waals surface area (Å²) in [6, 6.07) is 0. The van der Waals surface area contributed by atoms with E-state index < -0.39 is 49.6 Å². The summed E-state index contributed by atoms with van der Waals surface area (Å²) in [5.74, 6) is -2.07. The largest absolute Gasteiger partial charge is 0.473 e. The normalized spacial score (nSPS) is 13.8. The highest BCUT2D eigenvalue weighted by atomic mass is 31.2. The molecule has 2 atom stereocenters. The number of carbonyl (C=O) groups excluding carboxylic acids is 4. The summed E-state index contributed by atoms with van der Waals surface area (Å²) < 4.78 is 36.0. The molecule has 0 saturated heterocycles. The zero-order chi connectivity index (χ0) is 39.3. The fourth-order valence-electron chi connectivity index (χ4n) is 6.08. The summed E-state index contributed by atoms with van der Waals surface area (Å²) in [6.45, 7) is 7.27. The monoisotopic (exact) mass is 763 g/mol. The van der Waals surface area contributed by atoms with Crippen molar-refractivity contribution in [1.29, 1.82) is 0 Å². The van der Waals surface area contributed by atoms with Crippen molar-refractivity contribution in [2.75, 3.05) is 40.9 Å². The number of carbonyl (C=O) groups is 4. The third-order valence-corrected chi connectivity index (χ3v) is 10.0. The number of likely N-dealkylation sites (N-methyl/N-ethyl adjacent to an activating group) is 1. The predicted octanol–water partition coefficient (Wildman–Crippen LogP) is 9.60. The third kappa shape index (κ3) is 25.4. The first-order valence-corrected chi connectivity index (χ1v) is 22.1. The Labute approximate surface area is 316 Å². The molecule has 12 heteroatoms. The van der Waals surface area contributed by atoms with Crippen molar-refractivity contribution in [3.63, 3.8) is 0 Å². The van der Waals surface area contributed by atoms with Gasteiger partial charge in [-0.15, -0.1) is 0 Å². The molecule has 0 amide bonds. The van der Waals surface area contributed by atoms with E-state index in [1.807, 2.05) is 0 Å². The molecule has 1 N–H and O–H groups in total. The fraction of sp³-hybridized carbons (Fsp3) is 0.900. The van der Waals surface area contributed by atoms with Crippen LogP contribution in [0.25, 0.3) is 0 Å². The molecule has 0 bridgehead atoms. The number of ether oxygens (including phenoxy) is 2. The topological polar surface area (TPSA) is 142 Å². The second-order valence-electron chi connectivity index (χ2n) is 15.4. The van der Waals surface area contributed by atoms with Gasteiger partial charge in [0.05, 0.1) is 27.7 Å². The number of hydrogen-bond acceptors (Lipinski definition) is 9. The van der Waals surface area contributed by atoms with E-state index in [4.69, 9.17) is 18.5 Å². The van der Waals surface area contributed by atoms with Crippen LogP contribution in [-0.2, 0) is 42.3 Å². The van der Waals surface area contributed by atoms with E-state index in [1.165, 1.54) is 0 Å². The predicted molar refractivity (Wildman–Crippen MR) is 207 cm³/mol. The van der Waals surface area contributed by atoms with Crippen molar-refractivity contribution in [3.8, 4) is 0 Å². The number of hydrogen-bond donors (Lipinski definition) is 1. The Balaban J connectivity index is 6.06. The molecule has 0 aliphatic carbocycles. The number of Topliss-reactive ketones (excluding diaryl/α,β-unsaturated/α-hetero) is 2. The summed E-state index contributed by atoms with van der Waals surface area (Å²) in [4.78, 5) is 64.5. The Morgan fingerprint density at radius 3 is 1.37 bits per heavy atom. The number of nitrogens with zero attached hydrogens (tertiary/aromatic N) is 1. The van der Waals surface area contributed by atoms with E-state index >= 15 is 0 Å². The van der Waals surface area contributed by atoms with Crippen LogP contribution in [0.4, 0.5) is 0 Å². The fourth-order valence-corrected chi connectivity index (χ4v) is 7.14. The summed E-state index contributed by atoms with van der Waals surface area (Å²) in [6.07, 6.45) is 17.3. The van der Waals surface area contributed by atoms with E-state index in [0.717, 1.165) is 103 Å². The van der Waals surface area contributed by atoms with Gasteiger partial charge in [-0.25, -0.2) is 4.57 Å². The number of rotatable bonds is 36. The van der Waals surface area contributed by atoms with Crippen LogP contribution in [0.1, 0.15) is 182 Å². The van der Waals surface area contributed by atoms with Crippen LogP contribution in [0, 0.1) is 0 Å². The van der Waals surface area contributed by atoms with Crippen LogP contribution in [0.15, 0.2) is 0 Å². The highest BCUT2D eigenvalue weighted by molar-refractivity contribution is 7.47. The maximum Gasteiger partial charge on any atom is 0.473 e. The van der Waals surface area contributed by atoms with Crippen LogP contribution >= 0.6 is 7.82 Å². The Kier molecular flexibility index (Phi) is 28.7. The zero-order valence-electron chi connectivity index (χ0n) is 34.2. The summed E-state index contributed by atoms with van der Waals surface area (Å²) in [5, 5.41) is 0. The molecule has 0 spiro atoms. The Bertz CT molecular complexity index is 1000. The number of esters is 2. The standard InChI is InChI=1S/C40H76NO10P/c1-8-12-16-20-24-28-36(42)40(34-41(5,6)7,37(43)29-25-21-17-13-9-2)51-52(46,47)49-33-35(50-39(45)31-27-23-19-15-11-4)32-48-38(44)30-26-22-18-14-10-3/h35H,8-34H2,1-7H3/p+1/t35-/m1/s1. The van der Waals surface area contributed by atoms with Crippen LogP contribution in [-0.4, -0.2) is 85.5 Å². The number of unbranched alkanes of at least 4 members (excludes halogenated alkanes) is 16. The van der Waals surface area contributed by atoms with Gasteiger partial charge in [0.15, 0.2) is 17.7 Å². The first-order chi connectivity index (χ1) is 24.7. The van der Waals surface area contributed by atoms with Crippen LogP contribution < -0.4 is 0 Å². The van der Waals surface area contributed by atoms with Crippen molar-refractivity contribution < 1.29 is 51.6 Å². The first-order valence-electron chi connectivity index (χ1n) is 20.6. The van der Waals surface area contributed by atoms with Crippen molar-refractivity contribution >= 4 is 31.3 Å². The highest BCUT2D eigenvalue weighted by Gasteiger charge is 2.54. The molecule has 0 aliphatic rings. The SMILES string of the molecule is CCCCCCCC(=O)OC[C@H](COP(=O)(O)OC(C[N+](C)(C)C)(C(=O)CCCCCCC)C(=O)CCCCCCC)OC(=O)CCCCCCC. The van der Waals surface area contributed by atoms with Crippen LogP contribution in [0.3, 0.4) is 0 Å². The molecule has 0 aromatic carbocycles. The van der Waals surface area contributed by atoms with Gasteiger partial charge in [0.25, 0.3) is 0 Å². The lowest BCUT2D eigenvalue weighted by molar-refractivity contribution is -0.874. The minimum Gasteiger partial charge on any atom is -0.462 e. The van der Waals surface area contributed by atoms with Crippen molar-refractivity contribution in [1.82, 2.24) is 0 Å². The highest BCUT2D eigenvalue weighted by Crippen LogP contribution is 2.49. The number of quaternary nitrogens is 1. The lowest BCUT2D eigenvalue weighted by Crippen LogP contribution is -2.59. The number of ketones is 2. The van der Waals surface area contributed by atoms with E-state index in [2.05, 4.69) is 27.7 Å². The lowest BCUT2D eigenvalue weighted by Gasteiger charge is -2.37. The molecule has 0 aliphatic heterocycles. The van der Waals surface area contributed by atoms with Crippen molar-refractivity contribution in [2.45, 2.75) is 193 Å². The lowest BCUT2D eigenvalue weighted by atomic mass is 9.86. The van der Waals surface area contributed by atoms with Gasteiger partial charge in [-0.1, -0.05) is 130 Å². The average molecular weight is 763 g/mol. The van der Waals surface area contributed by atoms with Gasteiger partial charge in [-0.05, 0) is 25.7 Å². The first kappa shape index (κ1) is 50.4. The Morgan fingerprint density at radius 2 is 0.962 bits per heavy atom. The smallest absolute Gasteiger partial charge is 0.462 e. The molecule has 0 heterocycles. The minimum absolute atomic E-state index is 0.0260. The molecule has 0 aromatic rings. The molecule has 0 radical (unpaired) electrons. The number of phosphoric acid groups is 1. The van der Waals surface area contributed by atoms with Crippen molar-refractivity contribution in [3.05, 3.63) is 0 Å². The zero-order valence-corrected chi connectivity index (χ0v) is 35.1. The van der Waals surface area contributed by atoms with E-state index in [0.29, 0.717) is 25.7 Å². The van der Waals surface area contributed by atoms with Gasteiger partial charge in [0, 0.05) is 25.7 Å². The summed E-state index contributed by atoms with van der Waals surface area (Å²) in [7, 11) is 0.278. The van der Waals surface area contributed by atoms with Gasteiger partial charge < -0.3 is 18.9 Å². The van der Waals surface area contributed by atoms with Crippen LogP contribution in [0.5, 0.6) is 0 Å². The van der Waals surface area contributed by atoms with Crippen LogP contribution in [0.2, 0.25) is 0 Å². The maximum absolute atomic E-state index is 14.0. The second kappa shape index (κ2) is 29.7.